The highest BCUT2D eigenvalue weighted by Gasteiger charge is 2.21. The lowest BCUT2D eigenvalue weighted by molar-refractivity contribution is 0.0940. The largest absolute Gasteiger partial charge is 0.461 e. The van der Waals surface area contributed by atoms with Crippen LogP contribution in [0.4, 0.5) is 0 Å². The van der Waals surface area contributed by atoms with Gasteiger partial charge >= 0.3 is 0 Å². The van der Waals surface area contributed by atoms with Gasteiger partial charge < -0.3 is 14.6 Å². The van der Waals surface area contributed by atoms with Crippen molar-refractivity contribution in [3.05, 3.63) is 29.7 Å². The van der Waals surface area contributed by atoms with Crippen molar-refractivity contribution in [1.82, 2.24) is 20.2 Å². The molecule has 140 valence electrons. The van der Waals surface area contributed by atoms with Crippen LogP contribution in [0.2, 0.25) is 0 Å². The number of hydrogen-bond acceptors (Lipinski definition) is 6. The zero-order chi connectivity index (χ0) is 18.5. The van der Waals surface area contributed by atoms with Gasteiger partial charge in [-0.2, -0.15) is 0 Å². The SMILES string of the molecule is CSc1nc(-c2ccco2)nc(C)c1C(=O)NCC(C)CN1CCCC1. The molecule has 1 aliphatic heterocycles. The molecule has 1 amide bonds. The number of carbonyl (C=O) groups excluding carboxylic acids is 1. The highest BCUT2D eigenvalue weighted by Crippen LogP contribution is 2.25. The van der Waals surface area contributed by atoms with E-state index < -0.39 is 0 Å². The van der Waals surface area contributed by atoms with Crippen molar-refractivity contribution < 1.29 is 9.21 Å². The molecule has 6 nitrogen and oxygen atoms in total. The number of likely N-dealkylation sites (tertiary alicyclic amines) is 1. The number of nitrogens with zero attached hydrogens (tertiary/aromatic N) is 3. The molecular weight excluding hydrogens is 348 g/mol. The normalized spacial score (nSPS) is 16.0. The maximum atomic E-state index is 12.7. The van der Waals surface area contributed by atoms with Gasteiger partial charge in [-0.15, -0.1) is 11.8 Å². The van der Waals surface area contributed by atoms with Crippen LogP contribution < -0.4 is 5.32 Å². The standard InChI is InChI=1S/C19H26N4O2S/c1-13(12-23-8-4-5-9-23)11-20-18(24)16-14(2)21-17(22-19(16)26-3)15-7-6-10-25-15/h6-7,10,13H,4-5,8-9,11-12H2,1-3H3,(H,20,24). The van der Waals surface area contributed by atoms with Crippen LogP contribution in [0.5, 0.6) is 0 Å². The van der Waals surface area contributed by atoms with E-state index in [-0.39, 0.29) is 5.91 Å². The summed E-state index contributed by atoms with van der Waals surface area (Å²) in [5.74, 6) is 1.43. The molecule has 3 rings (SSSR count). The second kappa shape index (κ2) is 8.68. The Morgan fingerprint density at radius 2 is 2.15 bits per heavy atom. The molecule has 7 heteroatoms. The van der Waals surface area contributed by atoms with E-state index in [0.29, 0.717) is 40.3 Å². The number of hydrogen-bond donors (Lipinski definition) is 1. The highest BCUT2D eigenvalue weighted by atomic mass is 32.2. The first-order valence-electron chi connectivity index (χ1n) is 9.05. The van der Waals surface area contributed by atoms with Crippen LogP contribution in [-0.4, -0.2) is 53.2 Å². The molecular formula is C19H26N4O2S. The maximum absolute atomic E-state index is 12.7. The Labute approximate surface area is 158 Å². The van der Waals surface area contributed by atoms with Gasteiger partial charge in [0.1, 0.15) is 5.03 Å². The molecule has 0 saturated carbocycles. The molecule has 1 saturated heterocycles. The number of furan rings is 1. The summed E-state index contributed by atoms with van der Waals surface area (Å²) in [4.78, 5) is 24.2. The first-order chi connectivity index (χ1) is 12.6. The van der Waals surface area contributed by atoms with Crippen molar-refractivity contribution in [2.45, 2.75) is 31.7 Å². The Kier molecular flexibility index (Phi) is 6.32. The number of carbonyl (C=O) groups is 1. The molecule has 0 bridgehead atoms. The summed E-state index contributed by atoms with van der Waals surface area (Å²) < 4.78 is 5.38. The zero-order valence-electron chi connectivity index (χ0n) is 15.6. The number of rotatable bonds is 7. The van der Waals surface area contributed by atoms with E-state index in [0.717, 1.165) is 6.54 Å². The molecule has 1 unspecified atom stereocenters. The first-order valence-corrected chi connectivity index (χ1v) is 10.3. The van der Waals surface area contributed by atoms with Gasteiger partial charge in [0, 0.05) is 13.1 Å². The second-order valence-corrected chi connectivity index (χ2v) is 7.61. The fraction of sp³-hybridized carbons (Fsp3) is 0.526. The van der Waals surface area contributed by atoms with Crippen molar-refractivity contribution in [3.63, 3.8) is 0 Å². The van der Waals surface area contributed by atoms with Crippen molar-refractivity contribution in [2.75, 3.05) is 32.4 Å². The zero-order valence-corrected chi connectivity index (χ0v) is 16.4. The van der Waals surface area contributed by atoms with Crippen molar-refractivity contribution in [2.24, 2.45) is 5.92 Å². The van der Waals surface area contributed by atoms with Gasteiger partial charge in [0.05, 0.1) is 17.5 Å². The van der Waals surface area contributed by atoms with E-state index >= 15 is 0 Å². The summed E-state index contributed by atoms with van der Waals surface area (Å²) >= 11 is 1.45. The quantitative estimate of drug-likeness (QED) is 0.593. The fourth-order valence-electron chi connectivity index (χ4n) is 3.30. The fourth-order valence-corrected chi connectivity index (χ4v) is 3.92. The van der Waals surface area contributed by atoms with E-state index in [4.69, 9.17) is 4.42 Å². The van der Waals surface area contributed by atoms with Gasteiger partial charge in [-0.1, -0.05) is 6.92 Å². The smallest absolute Gasteiger partial charge is 0.255 e. The molecule has 0 radical (unpaired) electrons. The Bertz CT molecular complexity index is 742. The van der Waals surface area contributed by atoms with Gasteiger partial charge in [0.15, 0.2) is 11.6 Å². The minimum Gasteiger partial charge on any atom is -0.461 e. The Hall–Kier alpha value is -1.86. The molecule has 1 N–H and O–H groups in total. The molecule has 0 aliphatic carbocycles. The molecule has 26 heavy (non-hydrogen) atoms. The molecule has 2 aromatic rings. The lowest BCUT2D eigenvalue weighted by Crippen LogP contribution is -2.35. The lowest BCUT2D eigenvalue weighted by Gasteiger charge is -2.20. The molecule has 1 fully saturated rings. The molecule has 3 heterocycles. The number of aryl methyl sites for hydroxylation is 1. The number of aromatic nitrogens is 2. The molecule has 1 aliphatic rings. The Morgan fingerprint density at radius 1 is 1.38 bits per heavy atom. The van der Waals surface area contributed by atoms with Gasteiger partial charge in [0.2, 0.25) is 0 Å². The minimum absolute atomic E-state index is 0.105. The van der Waals surface area contributed by atoms with Gasteiger partial charge in [-0.05, 0) is 57.2 Å². The molecule has 0 aromatic carbocycles. The van der Waals surface area contributed by atoms with E-state index in [1.165, 1.54) is 37.7 Å². The van der Waals surface area contributed by atoms with Crippen LogP contribution in [-0.2, 0) is 0 Å². The Balaban J connectivity index is 1.68. The van der Waals surface area contributed by atoms with Gasteiger partial charge in [-0.3, -0.25) is 4.79 Å². The second-order valence-electron chi connectivity index (χ2n) is 6.82. The van der Waals surface area contributed by atoms with Crippen LogP contribution >= 0.6 is 11.8 Å². The number of amides is 1. The average molecular weight is 375 g/mol. The van der Waals surface area contributed by atoms with E-state index in [2.05, 4.69) is 27.1 Å². The van der Waals surface area contributed by atoms with Crippen molar-refractivity contribution in [3.8, 4) is 11.6 Å². The summed E-state index contributed by atoms with van der Waals surface area (Å²) in [6.07, 6.45) is 6.08. The van der Waals surface area contributed by atoms with Gasteiger partial charge in [0.25, 0.3) is 5.91 Å². The van der Waals surface area contributed by atoms with Crippen LogP contribution in [0, 0.1) is 12.8 Å². The Morgan fingerprint density at radius 3 is 2.81 bits per heavy atom. The number of nitrogens with one attached hydrogen (secondary N) is 1. The topological polar surface area (TPSA) is 71.3 Å². The summed E-state index contributed by atoms with van der Waals surface area (Å²) in [7, 11) is 0. The molecule has 0 spiro atoms. The predicted octanol–water partition coefficient (Wildman–Crippen LogP) is 3.23. The molecule has 1 atom stereocenters. The van der Waals surface area contributed by atoms with E-state index in [1.54, 1.807) is 12.3 Å². The van der Waals surface area contributed by atoms with Crippen molar-refractivity contribution >= 4 is 17.7 Å². The summed E-state index contributed by atoms with van der Waals surface area (Å²) in [5.41, 5.74) is 1.22. The van der Waals surface area contributed by atoms with Crippen LogP contribution in [0.1, 0.15) is 35.8 Å². The third-order valence-electron chi connectivity index (χ3n) is 4.60. The van der Waals surface area contributed by atoms with Crippen LogP contribution in [0.15, 0.2) is 27.8 Å². The maximum Gasteiger partial charge on any atom is 0.255 e. The van der Waals surface area contributed by atoms with Crippen molar-refractivity contribution in [1.29, 1.82) is 0 Å². The summed E-state index contributed by atoms with van der Waals surface area (Å²) in [6.45, 7) is 8.06. The monoisotopic (exact) mass is 374 g/mol. The summed E-state index contributed by atoms with van der Waals surface area (Å²) in [6, 6.07) is 3.62. The number of thioether (sulfide) groups is 1. The van der Waals surface area contributed by atoms with Crippen LogP contribution in [0.3, 0.4) is 0 Å². The minimum atomic E-state index is -0.105. The molecule has 2 aromatic heterocycles. The first kappa shape index (κ1) is 18.9. The van der Waals surface area contributed by atoms with E-state index in [9.17, 15) is 4.79 Å². The average Bonchev–Trinajstić information content (AvgIpc) is 3.32. The van der Waals surface area contributed by atoms with Gasteiger partial charge in [-0.25, -0.2) is 9.97 Å². The summed E-state index contributed by atoms with van der Waals surface area (Å²) in [5, 5.41) is 3.73. The van der Waals surface area contributed by atoms with Crippen LogP contribution in [0.25, 0.3) is 11.6 Å². The third-order valence-corrected chi connectivity index (χ3v) is 5.28. The predicted molar refractivity (Wildman–Crippen MR) is 103 cm³/mol. The lowest BCUT2D eigenvalue weighted by atomic mass is 10.1. The highest BCUT2D eigenvalue weighted by molar-refractivity contribution is 7.98. The third kappa shape index (κ3) is 4.45. The van der Waals surface area contributed by atoms with E-state index in [1.807, 2.05) is 19.2 Å².